The fourth-order valence-electron chi connectivity index (χ4n) is 4.39. The van der Waals surface area contributed by atoms with Crippen LogP contribution >= 0.6 is 11.6 Å². The second kappa shape index (κ2) is 12.3. The van der Waals surface area contributed by atoms with Crippen molar-refractivity contribution < 1.29 is 29.0 Å². The summed E-state index contributed by atoms with van der Waals surface area (Å²) in [6.45, 7) is 1.69. The van der Waals surface area contributed by atoms with Gasteiger partial charge in [0.1, 0.15) is 11.8 Å². The Morgan fingerprint density at radius 2 is 1.82 bits per heavy atom. The molecule has 1 fully saturated rings. The number of methoxy groups -OCH3 is 1. The molecule has 2 N–H and O–H groups in total. The molecule has 4 rings (SSSR count). The smallest absolute Gasteiger partial charge is 0.335 e. The number of carbonyl (C=O) groups is 3. The van der Waals surface area contributed by atoms with Crippen molar-refractivity contribution in [3.63, 3.8) is 0 Å². The van der Waals surface area contributed by atoms with E-state index in [-0.39, 0.29) is 36.2 Å². The van der Waals surface area contributed by atoms with E-state index in [1.807, 2.05) is 0 Å². The van der Waals surface area contributed by atoms with Crippen LogP contribution in [0.3, 0.4) is 0 Å². The van der Waals surface area contributed by atoms with Crippen LogP contribution in [-0.4, -0.2) is 47.2 Å². The summed E-state index contributed by atoms with van der Waals surface area (Å²) in [6.07, 6.45) is 4.85. The van der Waals surface area contributed by atoms with Gasteiger partial charge in [-0.1, -0.05) is 11.6 Å². The third-order valence-electron chi connectivity index (χ3n) is 6.75. The number of hydrogen-bond donors (Lipinski definition) is 2. The minimum absolute atomic E-state index is 0.0842. The predicted octanol–water partition coefficient (Wildman–Crippen LogP) is 5.22. The van der Waals surface area contributed by atoms with Crippen molar-refractivity contribution in [1.29, 1.82) is 0 Å². The van der Waals surface area contributed by atoms with Gasteiger partial charge in [0.05, 0.1) is 25.0 Å². The molecule has 1 aliphatic carbocycles. The van der Waals surface area contributed by atoms with Crippen molar-refractivity contribution in [3.05, 3.63) is 81.2 Å². The fourth-order valence-corrected chi connectivity index (χ4v) is 4.57. The molecule has 0 radical (unpaired) electrons. The van der Waals surface area contributed by atoms with Gasteiger partial charge in [-0.3, -0.25) is 19.0 Å². The van der Waals surface area contributed by atoms with Crippen LogP contribution in [0.4, 0.5) is 5.69 Å². The predicted molar refractivity (Wildman–Crippen MR) is 147 cm³/mol. The number of carboxylic acid groups (broad SMARTS) is 1. The highest BCUT2D eigenvalue weighted by atomic mass is 35.5. The number of aromatic nitrogens is 1. The Morgan fingerprint density at radius 3 is 2.41 bits per heavy atom. The maximum Gasteiger partial charge on any atom is 0.335 e. The number of aromatic carboxylic acids is 1. The molecule has 0 aliphatic heterocycles. The first-order valence-corrected chi connectivity index (χ1v) is 12.9. The molecule has 1 amide bonds. The third kappa shape index (κ3) is 6.55. The number of amides is 1. The van der Waals surface area contributed by atoms with Gasteiger partial charge in [0.25, 0.3) is 5.56 Å². The summed E-state index contributed by atoms with van der Waals surface area (Å²) < 4.78 is 12.7. The second-order valence-corrected chi connectivity index (χ2v) is 9.78. The van der Waals surface area contributed by atoms with Crippen molar-refractivity contribution in [2.75, 3.05) is 19.0 Å². The van der Waals surface area contributed by atoms with Gasteiger partial charge in [-0.15, -0.1) is 0 Å². The Kier molecular flexibility index (Phi) is 8.83. The number of nitrogens with zero attached hydrogens (tertiary/aromatic N) is 1. The van der Waals surface area contributed by atoms with Gasteiger partial charge in [-0.2, -0.15) is 0 Å². The molecule has 204 valence electrons. The normalized spacial score (nSPS) is 13.8. The number of ether oxygens (including phenoxy) is 2. The Bertz CT molecular complexity index is 1440. The number of benzene rings is 2. The zero-order chi connectivity index (χ0) is 28.1. The van der Waals surface area contributed by atoms with Gasteiger partial charge in [0.2, 0.25) is 5.91 Å². The minimum Gasteiger partial charge on any atom is -0.495 e. The van der Waals surface area contributed by atoms with Crippen LogP contribution in [0, 0.1) is 0 Å². The van der Waals surface area contributed by atoms with Gasteiger partial charge >= 0.3 is 5.97 Å². The van der Waals surface area contributed by atoms with E-state index in [9.17, 15) is 19.2 Å². The Balaban J connectivity index is 1.70. The number of anilines is 1. The van der Waals surface area contributed by atoms with Crippen LogP contribution in [-0.2, 0) is 9.53 Å². The largest absolute Gasteiger partial charge is 0.495 e. The van der Waals surface area contributed by atoms with E-state index in [1.54, 1.807) is 18.2 Å². The number of pyridine rings is 1. The first-order valence-electron chi connectivity index (χ1n) is 12.5. The van der Waals surface area contributed by atoms with Gasteiger partial charge in [0, 0.05) is 40.9 Å². The molecule has 1 saturated carbocycles. The molecule has 3 aromatic rings. The number of ketones is 1. The maximum absolute atomic E-state index is 13.4. The van der Waals surface area contributed by atoms with Crippen molar-refractivity contribution in [2.24, 2.45) is 0 Å². The molecule has 2 aromatic carbocycles. The van der Waals surface area contributed by atoms with E-state index < -0.39 is 23.5 Å². The molecular formula is C29H29ClN2O7. The quantitative estimate of drug-likeness (QED) is 0.313. The number of Topliss-reactive ketones (excluding diaryl/α,β-unsaturated/α-hetero) is 1. The number of halogens is 1. The molecule has 39 heavy (non-hydrogen) atoms. The number of carbonyl (C=O) groups excluding carboxylic acids is 2. The van der Waals surface area contributed by atoms with E-state index in [4.69, 9.17) is 26.2 Å². The molecule has 1 aliphatic rings. The summed E-state index contributed by atoms with van der Waals surface area (Å²) in [5.74, 6) is -1.47. The van der Waals surface area contributed by atoms with Crippen LogP contribution in [0.25, 0.3) is 11.1 Å². The number of rotatable bonds is 11. The zero-order valence-electron chi connectivity index (χ0n) is 21.6. The summed E-state index contributed by atoms with van der Waals surface area (Å²) in [6, 6.07) is 10.9. The first kappa shape index (κ1) is 28.1. The Labute approximate surface area is 230 Å². The molecule has 9 nitrogen and oxygen atoms in total. The van der Waals surface area contributed by atoms with E-state index in [0.717, 1.165) is 19.3 Å². The van der Waals surface area contributed by atoms with E-state index in [2.05, 4.69) is 5.32 Å². The average Bonchev–Trinajstić information content (AvgIpc) is 2.88. The van der Waals surface area contributed by atoms with Crippen molar-refractivity contribution >= 4 is 34.9 Å². The van der Waals surface area contributed by atoms with Crippen LogP contribution < -0.4 is 15.6 Å². The molecule has 1 heterocycles. The van der Waals surface area contributed by atoms with Crippen LogP contribution in [0.2, 0.25) is 5.02 Å². The molecule has 10 heteroatoms. The van der Waals surface area contributed by atoms with Crippen LogP contribution in [0.1, 0.15) is 59.4 Å². The van der Waals surface area contributed by atoms with E-state index in [1.165, 1.54) is 55.1 Å². The van der Waals surface area contributed by atoms with E-state index in [0.29, 0.717) is 27.4 Å². The fraction of sp³-hybridized carbons (Fsp3) is 0.310. The third-order valence-corrected chi connectivity index (χ3v) is 6.99. The SMILES string of the molecule is COc1cn(C(CCOC2CCC2)C(=O)Nc2ccc(C(=O)O)cc2)c(=O)cc1-c1cc(Cl)ccc1C(C)=O. The molecule has 1 unspecified atom stereocenters. The lowest BCUT2D eigenvalue weighted by molar-refractivity contribution is -0.120. The topological polar surface area (TPSA) is 124 Å². The van der Waals surface area contributed by atoms with Crippen LogP contribution in [0.5, 0.6) is 5.75 Å². The highest BCUT2D eigenvalue weighted by Crippen LogP contribution is 2.34. The molecule has 1 atom stereocenters. The first-order chi connectivity index (χ1) is 18.7. The number of hydrogen-bond acceptors (Lipinski definition) is 6. The summed E-state index contributed by atoms with van der Waals surface area (Å²) in [5.41, 5.74) is 1.19. The van der Waals surface area contributed by atoms with Crippen molar-refractivity contribution in [2.45, 2.75) is 44.8 Å². The molecular weight excluding hydrogens is 524 g/mol. The summed E-state index contributed by atoms with van der Waals surface area (Å²) in [7, 11) is 1.43. The molecule has 0 saturated heterocycles. The minimum atomic E-state index is -1.08. The van der Waals surface area contributed by atoms with Gasteiger partial charge in [-0.05, 0) is 74.2 Å². The van der Waals surface area contributed by atoms with Gasteiger partial charge in [-0.25, -0.2) is 4.79 Å². The molecule has 0 bridgehead atoms. The van der Waals surface area contributed by atoms with Crippen molar-refractivity contribution in [1.82, 2.24) is 4.57 Å². The Hall–Kier alpha value is -3.95. The summed E-state index contributed by atoms with van der Waals surface area (Å²) in [4.78, 5) is 50.3. The second-order valence-electron chi connectivity index (χ2n) is 9.35. The Morgan fingerprint density at radius 1 is 1.10 bits per heavy atom. The standard InChI is InChI=1S/C29H29ClN2O7/c1-17(33)22-11-8-19(30)14-23(22)24-15-27(34)32(16-26(24)38-2)25(12-13-39-21-4-3-5-21)28(35)31-20-9-6-18(7-10-20)29(36)37/h6-11,14-16,21,25H,3-5,12-13H2,1-2H3,(H,31,35)(H,36,37). The molecule has 1 aromatic heterocycles. The highest BCUT2D eigenvalue weighted by molar-refractivity contribution is 6.31. The van der Waals surface area contributed by atoms with Crippen molar-refractivity contribution in [3.8, 4) is 16.9 Å². The lowest BCUT2D eigenvalue weighted by Crippen LogP contribution is -2.34. The monoisotopic (exact) mass is 552 g/mol. The zero-order valence-corrected chi connectivity index (χ0v) is 22.4. The number of nitrogens with one attached hydrogen (secondary N) is 1. The lowest BCUT2D eigenvalue weighted by atomic mass is 9.96. The lowest BCUT2D eigenvalue weighted by Gasteiger charge is -2.27. The highest BCUT2D eigenvalue weighted by Gasteiger charge is 2.26. The molecule has 0 spiro atoms. The number of carboxylic acids is 1. The van der Waals surface area contributed by atoms with E-state index >= 15 is 0 Å². The average molecular weight is 553 g/mol. The summed E-state index contributed by atoms with van der Waals surface area (Å²) >= 11 is 6.20. The summed E-state index contributed by atoms with van der Waals surface area (Å²) in [5, 5.41) is 12.3. The maximum atomic E-state index is 13.4. The van der Waals surface area contributed by atoms with Gasteiger partial charge in [0.15, 0.2) is 5.78 Å². The van der Waals surface area contributed by atoms with Crippen LogP contribution in [0.15, 0.2) is 59.5 Å². The van der Waals surface area contributed by atoms with Gasteiger partial charge < -0.3 is 19.9 Å².